The molecule has 7 heteroatoms. The molecule has 170 valence electrons. The van der Waals surface area contributed by atoms with Crippen LogP contribution in [0.2, 0.25) is 0 Å². The molecule has 0 bridgehead atoms. The van der Waals surface area contributed by atoms with Crippen molar-refractivity contribution in [1.82, 2.24) is 4.90 Å². The van der Waals surface area contributed by atoms with Gasteiger partial charge in [0.05, 0.1) is 0 Å². The van der Waals surface area contributed by atoms with Gasteiger partial charge in [0.1, 0.15) is 4.90 Å². The number of nitrogens with zero attached hydrogens (tertiary/aromatic N) is 1. The Morgan fingerprint density at radius 1 is 0.867 bits per heavy atom. The zero-order chi connectivity index (χ0) is 22.7. The number of benzene rings is 2. The SMILES string of the molecule is C=C(C)CN1CCCCC1.CCc1cccc(S(F)(F)(F)(F)F)c1.c1ccccc1. The molecule has 0 aromatic heterocycles. The van der Waals surface area contributed by atoms with Gasteiger partial charge in [-0.3, -0.25) is 4.90 Å². The van der Waals surface area contributed by atoms with E-state index < -0.39 is 15.1 Å². The highest BCUT2D eigenvalue weighted by Crippen LogP contribution is 3.02. The average Bonchev–Trinajstić information content (AvgIpc) is 2.69. The van der Waals surface area contributed by atoms with E-state index in [0.717, 1.165) is 12.6 Å². The molecular formula is C23H32F5NS. The Morgan fingerprint density at radius 3 is 1.77 bits per heavy atom. The van der Waals surface area contributed by atoms with Gasteiger partial charge in [-0.1, -0.05) is 93.5 Å². The molecule has 30 heavy (non-hydrogen) atoms. The minimum Gasteiger partial charge on any atom is -0.299 e. The van der Waals surface area contributed by atoms with Gasteiger partial charge in [0.15, 0.2) is 0 Å². The van der Waals surface area contributed by atoms with Crippen molar-refractivity contribution in [3.8, 4) is 0 Å². The molecule has 0 aliphatic carbocycles. The van der Waals surface area contributed by atoms with E-state index in [1.54, 1.807) is 6.92 Å². The third kappa shape index (κ3) is 11.4. The van der Waals surface area contributed by atoms with Crippen molar-refractivity contribution in [3.63, 3.8) is 0 Å². The predicted molar refractivity (Wildman–Crippen MR) is 119 cm³/mol. The molecule has 0 saturated carbocycles. The summed E-state index contributed by atoms with van der Waals surface area (Å²) in [5.41, 5.74) is 1.54. The van der Waals surface area contributed by atoms with Crippen LogP contribution in [0, 0.1) is 0 Å². The molecule has 0 atom stereocenters. The summed E-state index contributed by atoms with van der Waals surface area (Å²) in [6, 6.07) is 15.3. The van der Waals surface area contributed by atoms with Crippen LogP contribution in [0.3, 0.4) is 0 Å². The molecule has 1 nitrogen and oxygen atoms in total. The molecule has 1 aliphatic rings. The van der Waals surface area contributed by atoms with Gasteiger partial charge in [-0.2, -0.15) is 0 Å². The fourth-order valence-electron chi connectivity index (χ4n) is 2.89. The van der Waals surface area contributed by atoms with Crippen LogP contribution < -0.4 is 0 Å². The van der Waals surface area contributed by atoms with Gasteiger partial charge < -0.3 is 0 Å². The molecule has 1 fully saturated rings. The van der Waals surface area contributed by atoms with Crippen molar-refractivity contribution in [2.24, 2.45) is 0 Å². The zero-order valence-electron chi connectivity index (χ0n) is 17.7. The van der Waals surface area contributed by atoms with Crippen LogP contribution in [0.25, 0.3) is 0 Å². The highest BCUT2D eigenvalue weighted by atomic mass is 32.5. The Morgan fingerprint density at radius 2 is 1.37 bits per heavy atom. The fourth-order valence-corrected chi connectivity index (χ4v) is 3.60. The molecule has 1 heterocycles. The second-order valence-electron chi connectivity index (χ2n) is 7.42. The first-order valence-electron chi connectivity index (χ1n) is 10.0. The maximum atomic E-state index is 12.3. The molecule has 2 aromatic carbocycles. The van der Waals surface area contributed by atoms with Gasteiger partial charge >= 0.3 is 10.2 Å². The fraction of sp³-hybridized carbons (Fsp3) is 0.391. The predicted octanol–water partition coefficient (Wildman–Crippen LogP) is 8.64. The molecule has 0 N–H and O–H groups in total. The van der Waals surface area contributed by atoms with Crippen molar-refractivity contribution in [3.05, 3.63) is 78.4 Å². The molecule has 0 radical (unpaired) electrons. The molecule has 0 spiro atoms. The van der Waals surface area contributed by atoms with Crippen LogP contribution in [0.1, 0.15) is 38.7 Å². The second kappa shape index (κ2) is 10.4. The van der Waals surface area contributed by atoms with Crippen LogP contribution in [0.5, 0.6) is 0 Å². The van der Waals surface area contributed by atoms with Crippen LogP contribution in [-0.4, -0.2) is 24.5 Å². The number of piperidine rings is 1. The first kappa shape index (κ1) is 26.2. The molecule has 0 unspecified atom stereocenters. The summed E-state index contributed by atoms with van der Waals surface area (Å²) in [4.78, 5) is 0.676. The van der Waals surface area contributed by atoms with Gasteiger partial charge in [0.25, 0.3) is 0 Å². The standard InChI is InChI=1S/C9H17N.C8H9F5S.C6H6/c1-9(2)8-10-6-4-3-5-7-10;1-2-7-4-3-5-8(6-7)14(9,10,11,12)13;1-2-4-6-5-3-1/h1,3-8H2,2H3;3-6H,2H2,1H3;1-6H. The van der Waals surface area contributed by atoms with E-state index in [-0.39, 0.29) is 5.56 Å². The lowest BCUT2D eigenvalue weighted by atomic mass is 10.1. The Kier molecular flexibility index (Phi) is 9.11. The van der Waals surface area contributed by atoms with Gasteiger partial charge in [0.2, 0.25) is 0 Å². The Balaban J connectivity index is 0.000000244. The highest BCUT2D eigenvalue weighted by Gasteiger charge is 2.65. The van der Waals surface area contributed by atoms with E-state index in [1.807, 2.05) is 36.4 Å². The molecule has 1 saturated heterocycles. The Hall–Kier alpha value is -1.86. The van der Waals surface area contributed by atoms with Gasteiger partial charge in [-0.15, -0.1) is 0 Å². The molecule has 3 rings (SSSR count). The second-order valence-corrected chi connectivity index (χ2v) is 9.83. The molecular weight excluding hydrogens is 417 g/mol. The maximum Gasteiger partial charge on any atom is 0.310 e. The minimum absolute atomic E-state index is 0.246. The largest absolute Gasteiger partial charge is 0.310 e. The van der Waals surface area contributed by atoms with E-state index in [0.29, 0.717) is 18.6 Å². The van der Waals surface area contributed by atoms with Crippen LogP contribution >= 0.6 is 10.2 Å². The Bertz CT molecular complexity index is 743. The van der Waals surface area contributed by atoms with Crippen LogP contribution in [-0.2, 0) is 6.42 Å². The highest BCUT2D eigenvalue weighted by molar-refractivity contribution is 8.45. The van der Waals surface area contributed by atoms with E-state index in [4.69, 9.17) is 0 Å². The summed E-state index contributed by atoms with van der Waals surface area (Å²) in [6.07, 6.45) is 4.48. The van der Waals surface area contributed by atoms with Gasteiger partial charge in [0, 0.05) is 6.54 Å². The summed E-state index contributed by atoms with van der Waals surface area (Å²) in [5.74, 6) is 0. The normalized spacial score (nSPS) is 16.6. The minimum atomic E-state index is -9.48. The third-order valence-corrected chi connectivity index (χ3v) is 5.51. The monoisotopic (exact) mass is 449 g/mol. The number of hydrogen-bond acceptors (Lipinski definition) is 1. The number of rotatable bonds is 4. The summed E-state index contributed by atoms with van der Waals surface area (Å²) >= 11 is 0. The number of halogens is 5. The first-order chi connectivity index (χ1) is 13.8. The molecule has 0 amide bonds. The van der Waals surface area contributed by atoms with E-state index >= 15 is 0 Å². The van der Waals surface area contributed by atoms with Crippen molar-refractivity contribution in [1.29, 1.82) is 0 Å². The topological polar surface area (TPSA) is 3.24 Å². The summed E-state index contributed by atoms with van der Waals surface area (Å²) < 4.78 is 61.3. The smallest absolute Gasteiger partial charge is 0.299 e. The number of hydrogen-bond donors (Lipinski definition) is 0. The van der Waals surface area contributed by atoms with Gasteiger partial charge in [-0.05, 0) is 57.0 Å². The van der Waals surface area contributed by atoms with Crippen molar-refractivity contribution < 1.29 is 19.4 Å². The molecule has 1 aliphatic heterocycles. The van der Waals surface area contributed by atoms with E-state index in [9.17, 15) is 19.4 Å². The lowest BCUT2D eigenvalue weighted by molar-refractivity contribution is 0.247. The lowest BCUT2D eigenvalue weighted by Gasteiger charge is -2.40. The zero-order valence-corrected chi connectivity index (χ0v) is 18.5. The van der Waals surface area contributed by atoms with Crippen molar-refractivity contribution >= 4 is 10.2 Å². The van der Waals surface area contributed by atoms with E-state index in [2.05, 4.69) is 18.4 Å². The quantitative estimate of drug-likeness (QED) is 0.333. The average molecular weight is 450 g/mol. The van der Waals surface area contributed by atoms with Crippen molar-refractivity contribution in [2.45, 2.75) is 44.4 Å². The van der Waals surface area contributed by atoms with Crippen LogP contribution in [0.15, 0.2) is 77.7 Å². The molecule has 2 aromatic rings. The van der Waals surface area contributed by atoms with Crippen LogP contribution in [0.4, 0.5) is 19.4 Å². The third-order valence-electron chi connectivity index (χ3n) is 4.36. The maximum absolute atomic E-state index is 12.3. The summed E-state index contributed by atoms with van der Waals surface area (Å²) in [7, 11) is -9.48. The van der Waals surface area contributed by atoms with E-state index in [1.165, 1.54) is 44.0 Å². The van der Waals surface area contributed by atoms with Crippen molar-refractivity contribution in [2.75, 3.05) is 19.6 Å². The number of aryl methyl sites for hydroxylation is 1. The summed E-state index contributed by atoms with van der Waals surface area (Å²) in [5, 5.41) is 0. The Labute approximate surface area is 177 Å². The first-order valence-corrected chi connectivity index (χ1v) is 12.0. The lowest BCUT2D eigenvalue weighted by Crippen LogP contribution is -2.30. The number of likely N-dealkylation sites (tertiary alicyclic amines) is 1. The summed E-state index contributed by atoms with van der Waals surface area (Å²) in [6.45, 7) is 11.3. The van der Waals surface area contributed by atoms with Gasteiger partial charge in [-0.25, -0.2) is 0 Å².